The van der Waals surface area contributed by atoms with Crippen molar-refractivity contribution in [1.82, 2.24) is 24.1 Å². The molecule has 8 nitrogen and oxygen atoms in total. The summed E-state index contributed by atoms with van der Waals surface area (Å²) in [4.78, 5) is 38.5. The van der Waals surface area contributed by atoms with Gasteiger partial charge in [0.1, 0.15) is 17.7 Å². The number of likely N-dealkylation sites (N-methyl/N-ethyl adjacent to an activating group) is 1. The van der Waals surface area contributed by atoms with E-state index in [2.05, 4.69) is 15.1 Å². The number of hydrogen-bond acceptors (Lipinski definition) is 7. The molecular weight excluding hydrogens is 408 g/mol. The van der Waals surface area contributed by atoms with Crippen LogP contribution in [0.3, 0.4) is 0 Å². The number of fused-ring (bicyclic) bond motifs is 5. The standard InChI is InChI=1S/C19H20N6O2S2/c1-3-23(18-21-11(2)9-28-18)14(26)8-25-19(27)24-10-20-17-15(16(24)22-25)12-6-4-5-7-13(12)29-17/h9-10H,3-8H2,1-2H3. The van der Waals surface area contributed by atoms with Crippen LogP contribution < -0.4 is 10.6 Å². The molecule has 0 saturated carbocycles. The fourth-order valence-electron chi connectivity index (χ4n) is 3.88. The van der Waals surface area contributed by atoms with Crippen LogP contribution in [0, 0.1) is 6.92 Å². The molecule has 0 radical (unpaired) electrons. The van der Waals surface area contributed by atoms with Gasteiger partial charge in [-0.3, -0.25) is 9.69 Å². The van der Waals surface area contributed by atoms with E-state index < -0.39 is 0 Å². The molecule has 5 rings (SSSR count). The number of nitrogens with zero attached hydrogens (tertiary/aromatic N) is 6. The van der Waals surface area contributed by atoms with E-state index in [1.165, 1.54) is 43.6 Å². The maximum Gasteiger partial charge on any atom is 0.352 e. The first-order valence-corrected chi connectivity index (χ1v) is 11.4. The number of carbonyl (C=O) groups is 1. The summed E-state index contributed by atoms with van der Waals surface area (Å²) in [5, 5.41) is 8.06. The SMILES string of the molecule is CCN(C(=O)Cn1nc2c3c4c(sc3ncn2c1=O)CCCC4)c1nc(C)cs1. The Bertz CT molecular complexity index is 1300. The van der Waals surface area contributed by atoms with E-state index in [1.54, 1.807) is 16.2 Å². The van der Waals surface area contributed by atoms with E-state index in [4.69, 9.17) is 0 Å². The second-order valence-corrected chi connectivity index (χ2v) is 9.10. The van der Waals surface area contributed by atoms with Gasteiger partial charge in [-0.15, -0.1) is 27.8 Å². The third kappa shape index (κ3) is 2.98. The van der Waals surface area contributed by atoms with E-state index in [9.17, 15) is 9.59 Å². The van der Waals surface area contributed by atoms with Crippen molar-refractivity contribution in [3.63, 3.8) is 0 Å². The van der Waals surface area contributed by atoms with Crippen LogP contribution in [0.15, 0.2) is 16.5 Å². The molecule has 4 heterocycles. The zero-order valence-electron chi connectivity index (χ0n) is 16.2. The van der Waals surface area contributed by atoms with Crippen molar-refractivity contribution in [3.05, 3.63) is 38.3 Å². The fraction of sp³-hybridized carbons (Fsp3) is 0.421. The van der Waals surface area contributed by atoms with Gasteiger partial charge < -0.3 is 0 Å². The highest BCUT2D eigenvalue weighted by atomic mass is 32.1. The van der Waals surface area contributed by atoms with E-state index >= 15 is 0 Å². The van der Waals surface area contributed by atoms with Gasteiger partial charge in [0.25, 0.3) is 5.91 Å². The Morgan fingerprint density at radius 2 is 2.14 bits per heavy atom. The third-order valence-electron chi connectivity index (χ3n) is 5.28. The summed E-state index contributed by atoms with van der Waals surface area (Å²) in [7, 11) is 0. The lowest BCUT2D eigenvalue weighted by molar-refractivity contribution is -0.119. The first kappa shape index (κ1) is 18.4. The first-order valence-electron chi connectivity index (χ1n) is 9.67. The van der Waals surface area contributed by atoms with Crippen molar-refractivity contribution in [2.45, 2.75) is 46.1 Å². The zero-order chi connectivity index (χ0) is 20.1. The van der Waals surface area contributed by atoms with Crippen LogP contribution in [0.2, 0.25) is 0 Å². The molecule has 1 amide bonds. The number of rotatable bonds is 4. The van der Waals surface area contributed by atoms with Crippen molar-refractivity contribution in [1.29, 1.82) is 0 Å². The van der Waals surface area contributed by atoms with Crippen LogP contribution >= 0.6 is 22.7 Å². The Labute approximate surface area is 174 Å². The van der Waals surface area contributed by atoms with Crippen molar-refractivity contribution >= 4 is 49.6 Å². The van der Waals surface area contributed by atoms with E-state index in [0.717, 1.165) is 35.2 Å². The Hall–Kier alpha value is -2.59. The summed E-state index contributed by atoms with van der Waals surface area (Å²) in [5.74, 6) is -0.205. The average Bonchev–Trinajstić information content (AvgIpc) is 3.38. The van der Waals surface area contributed by atoms with Crippen molar-refractivity contribution in [2.75, 3.05) is 11.4 Å². The Morgan fingerprint density at radius 1 is 1.31 bits per heavy atom. The molecule has 0 N–H and O–H groups in total. The molecule has 0 atom stereocenters. The summed E-state index contributed by atoms with van der Waals surface area (Å²) >= 11 is 3.12. The predicted octanol–water partition coefficient (Wildman–Crippen LogP) is 2.80. The van der Waals surface area contributed by atoms with Crippen LogP contribution in [0.1, 0.15) is 35.9 Å². The summed E-state index contributed by atoms with van der Waals surface area (Å²) in [6.45, 7) is 4.15. The lowest BCUT2D eigenvalue weighted by Crippen LogP contribution is -2.36. The molecule has 4 aromatic rings. The summed E-state index contributed by atoms with van der Waals surface area (Å²) in [6.07, 6.45) is 5.91. The Kier molecular flexibility index (Phi) is 4.47. The van der Waals surface area contributed by atoms with Crippen molar-refractivity contribution in [2.24, 2.45) is 0 Å². The van der Waals surface area contributed by atoms with E-state index in [1.807, 2.05) is 19.2 Å². The molecule has 10 heteroatoms. The maximum absolute atomic E-state index is 12.9. The summed E-state index contributed by atoms with van der Waals surface area (Å²) in [6, 6.07) is 0. The van der Waals surface area contributed by atoms with Gasteiger partial charge in [0.2, 0.25) is 0 Å². The first-order chi connectivity index (χ1) is 14.1. The van der Waals surface area contributed by atoms with Crippen molar-refractivity contribution in [3.8, 4) is 0 Å². The Morgan fingerprint density at radius 3 is 2.90 bits per heavy atom. The molecule has 0 bridgehead atoms. The summed E-state index contributed by atoms with van der Waals surface area (Å²) in [5.41, 5.74) is 2.40. The normalized spacial score (nSPS) is 13.9. The molecule has 150 valence electrons. The topological polar surface area (TPSA) is 85.4 Å². The molecular formula is C19H20N6O2S2. The number of amides is 1. The fourth-order valence-corrected chi connectivity index (χ4v) is 5.99. The minimum absolute atomic E-state index is 0.124. The van der Waals surface area contributed by atoms with Crippen LogP contribution in [0.25, 0.3) is 15.9 Å². The lowest BCUT2D eigenvalue weighted by Gasteiger charge is -2.17. The van der Waals surface area contributed by atoms with E-state index in [-0.39, 0.29) is 18.1 Å². The van der Waals surface area contributed by atoms with Gasteiger partial charge >= 0.3 is 5.69 Å². The second-order valence-electron chi connectivity index (χ2n) is 7.18. The molecule has 0 saturated heterocycles. The minimum Gasteiger partial charge on any atom is -0.287 e. The van der Waals surface area contributed by atoms with Crippen LogP contribution in [-0.2, 0) is 24.2 Å². The smallest absolute Gasteiger partial charge is 0.287 e. The third-order valence-corrected chi connectivity index (χ3v) is 7.46. The van der Waals surface area contributed by atoms with Gasteiger partial charge in [-0.2, -0.15) is 0 Å². The van der Waals surface area contributed by atoms with Crippen LogP contribution in [-0.4, -0.2) is 36.6 Å². The number of aromatic nitrogens is 5. The quantitative estimate of drug-likeness (QED) is 0.499. The molecule has 0 aromatic carbocycles. The number of carbonyl (C=O) groups excluding carboxylic acids is 1. The molecule has 1 aliphatic rings. The monoisotopic (exact) mass is 428 g/mol. The number of hydrogen-bond donors (Lipinski definition) is 0. The Balaban J connectivity index is 1.56. The molecule has 0 fully saturated rings. The highest BCUT2D eigenvalue weighted by Crippen LogP contribution is 2.36. The van der Waals surface area contributed by atoms with Crippen molar-refractivity contribution < 1.29 is 4.79 Å². The number of thiazole rings is 1. The number of anilines is 1. The van der Waals surface area contributed by atoms with Gasteiger partial charge in [-0.25, -0.2) is 23.8 Å². The number of thiophene rings is 1. The maximum atomic E-state index is 12.9. The minimum atomic E-state index is -0.343. The van der Waals surface area contributed by atoms with Gasteiger partial charge in [0.05, 0.1) is 11.1 Å². The van der Waals surface area contributed by atoms with Gasteiger partial charge in [-0.1, -0.05) is 0 Å². The molecule has 0 spiro atoms. The van der Waals surface area contributed by atoms with Crippen LogP contribution in [0.4, 0.5) is 5.13 Å². The molecule has 0 unspecified atom stereocenters. The lowest BCUT2D eigenvalue weighted by atomic mass is 9.97. The molecule has 29 heavy (non-hydrogen) atoms. The van der Waals surface area contributed by atoms with E-state index in [0.29, 0.717) is 17.3 Å². The highest BCUT2D eigenvalue weighted by molar-refractivity contribution is 7.19. The molecule has 0 aliphatic heterocycles. The van der Waals surface area contributed by atoms with Gasteiger partial charge in [0.15, 0.2) is 10.8 Å². The van der Waals surface area contributed by atoms with Gasteiger partial charge in [0, 0.05) is 16.8 Å². The van der Waals surface area contributed by atoms with Crippen LogP contribution in [0.5, 0.6) is 0 Å². The zero-order valence-corrected chi connectivity index (χ0v) is 17.8. The highest BCUT2D eigenvalue weighted by Gasteiger charge is 2.23. The summed E-state index contributed by atoms with van der Waals surface area (Å²) < 4.78 is 2.70. The average molecular weight is 429 g/mol. The predicted molar refractivity (Wildman–Crippen MR) is 114 cm³/mol. The number of aryl methyl sites for hydroxylation is 3. The molecule has 4 aromatic heterocycles. The second kappa shape index (κ2) is 7.03. The largest absolute Gasteiger partial charge is 0.352 e. The molecule has 1 aliphatic carbocycles. The van der Waals surface area contributed by atoms with Gasteiger partial charge in [-0.05, 0) is 45.1 Å².